The van der Waals surface area contributed by atoms with Crippen LogP contribution in [0.3, 0.4) is 0 Å². The number of aliphatic carboxylic acids is 1. The summed E-state index contributed by atoms with van der Waals surface area (Å²) in [5, 5.41) is 7.12. The van der Waals surface area contributed by atoms with E-state index in [0.717, 1.165) is 45.6 Å². The minimum Gasteiger partial charge on any atom is -0.475 e. The van der Waals surface area contributed by atoms with E-state index in [4.69, 9.17) is 14.6 Å². The Morgan fingerprint density at radius 3 is 2.55 bits per heavy atom. The van der Waals surface area contributed by atoms with Crippen LogP contribution in [0, 0.1) is 0 Å². The maximum Gasteiger partial charge on any atom is 0.490 e. The van der Waals surface area contributed by atoms with E-state index in [2.05, 4.69) is 19.2 Å². The zero-order valence-corrected chi connectivity index (χ0v) is 16.7. The van der Waals surface area contributed by atoms with Gasteiger partial charge in [0.25, 0.3) is 0 Å². The minimum atomic E-state index is -5.08. The van der Waals surface area contributed by atoms with Crippen molar-refractivity contribution in [3.05, 3.63) is 18.2 Å². The van der Waals surface area contributed by atoms with Gasteiger partial charge < -0.3 is 14.4 Å². The molecular formula is C16H25F3N4O5S. The topological polar surface area (TPSA) is 114 Å². The van der Waals surface area contributed by atoms with Crippen molar-refractivity contribution in [3.8, 4) is 0 Å². The number of rotatable bonds is 5. The van der Waals surface area contributed by atoms with Gasteiger partial charge in [-0.2, -0.15) is 13.2 Å². The zero-order valence-electron chi connectivity index (χ0n) is 15.9. The van der Waals surface area contributed by atoms with Crippen LogP contribution in [0.15, 0.2) is 12.5 Å². The van der Waals surface area contributed by atoms with Crippen molar-refractivity contribution in [2.75, 3.05) is 32.6 Å². The highest BCUT2D eigenvalue weighted by Crippen LogP contribution is 2.27. The summed E-state index contributed by atoms with van der Waals surface area (Å²) in [4.78, 5) is 15.7. The second kappa shape index (κ2) is 9.87. The van der Waals surface area contributed by atoms with Crippen LogP contribution in [-0.2, 0) is 26.1 Å². The van der Waals surface area contributed by atoms with E-state index >= 15 is 0 Å². The number of fused-ring (bicyclic) bond motifs is 1. The van der Waals surface area contributed by atoms with Gasteiger partial charge in [0.15, 0.2) is 0 Å². The second-order valence-corrected chi connectivity index (χ2v) is 8.81. The second-order valence-electron chi connectivity index (χ2n) is 6.98. The van der Waals surface area contributed by atoms with Crippen molar-refractivity contribution >= 4 is 16.0 Å². The summed E-state index contributed by atoms with van der Waals surface area (Å²) in [6.07, 6.45) is 2.82. The number of carbonyl (C=O) groups is 1. The standard InChI is InChI=1S/C14H24N4O3S.C2HF3O2/c1-22(19,20)16-5-2-13-9-17(12-3-6-21-7-4-12)10-14-8-15-11-18(13)14;3-2(4,5)1(6)7/h8,11-13,16H,2-7,9-10H2,1H3;(H,6,7). The van der Waals surface area contributed by atoms with Gasteiger partial charge in [0.1, 0.15) is 0 Å². The van der Waals surface area contributed by atoms with Gasteiger partial charge in [-0.15, -0.1) is 0 Å². The molecule has 1 atom stereocenters. The fourth-order valence-electron chi connectivity index (χ4n) is 3.38. The summed E-state index contributed by atoms with van der Waals surface area (Å²) in [5.74, 6) is -2.76. The number of sulfonamides is 1. The smallest absolute Gasteiger partial charge is 0.475 e. The lowest BCUT2D eigenvalue weighted by atomic mass is 10.0. The third-order valence-corrected chi connectivity index (χ3v) is 5.47. The van der Waals surface area contributed by atoms with E-state index in [0.29, 0.717) is 12.6 Å². The Kier molecular flexibility index (Phi) is 8.02. The Morgan fingerprint density at radius 1 is 1.38 bits per heavy atom. The van der Waals surface area contributed by atoms with Crippen molar-refractivity contribution in [1.29, 1.82) is 0 Å². The SMILES string of the molecule is CS(=O)(=O)NCCC1CN(C2CCOCC2)Cc2cncn21.O=C(O)C(F)(F)F. The van der Waals surface area contributed by atoms with Crippen LogP contribution in [0.25, 0.3) is 0 Å². The number of ether oxygens (including phenoxy) is 1. The molecule has 0 spiro atoms. The predicted octanol–water partition coefficient (Wildman–Crippen LogP) is 0.991. The van der Waals surface area contributed by atoms with Gasteiger partial charge in [0, 0.05) is 51.1 Å². The van der Waals surface area contributed by atoms with Crippen molar-refractivity contribution in [2.24, 2.45) is 0 Å². The number of hydrogen-bond acceptors (Lipinski definition) is 6. The van der Waals surface area contributed by atoms with Gasteiger partial charge in [-0.3, -0.25) is 4.90 Å². The number of imidazole rings is 1. The number of carboxylic acids is 1. The van der Waals surface area contributed by atoms with Gasteiger partial charge >= 0.3 is 12.1 Å². The van der Waals surface area contributed by atoms with Crippen LogP contribution >= 0.6 is 0 Å². The molecule has 0 aliphatic carbocycles. The molecule has 0 amide bonds. The summed E-state index contributed by atoms with van der Waals surface area (Å²) in [6.45, 7) is 3.99. The quantitative estimate of drug-likeness (QED) is 0.699. The largest absolute Gasteiger partial charge is 0.490 e. The molecule has 29 heavy (non-hydrogen) atoms. The number of hydrogen-bond donors (Lipinski definition) is 2. The van der Waals surface area contributed by atoms with E-state index in [1.807, 2.05) is 12.5 Å². The Morgan fingerprint density at radius 2 is 2.00 bits per heavy atom. The monoisotopic (exact) mass is 442 g/mol. The summed E-state index contributed by atoms with van der Waals surface area (Å²) >= 11 is 0. The normalized spacial score (nSPS) is 21.2. The van der Waals surface area contributed by atoms with Crippen LogP contribution in [0.1, 0.15) is 31.0 Å². The van der Waals surface area contributed by atoms with Crippen LogP contribution < -0.4 is 4.72 Å². The maximum atomic E-state index is 11.2. The fraction of sp³-hybridized carbons (Fsp3) is 0.750. The third-order valence-electron chi connectivity index (χ3n) is 4.74. The van der Waals surface area contributed by atoms with Crippen molar-refractivity contribution in [2.45, 2.75) is 44.1 Å². The number of carboxylic acid groups (broad SMARTS) is 1. The van der Waals surface area contributed by atoms with Crippen LogP contribution in [0.4, 0.5) is 13.2 Å². The minimum absolute atomic E-state index is 0.267. The highest BCUT2D eigenvalue weighted by molar-refractivity contribution is 7.88. The maximum absolute atomic E-state index is 11.2. The first-order valence-corrected chi connectivity index (χ1v) is 10.9. The van der Waals surface area contributed by atoms with Crippen molar-refractivity contribution < 1.29 is 36.2 Å². The van der Waals surface area contributed by atoms with Gasteiger partial charge in [-0.1, -0.05) is 0 Å². The Bertz CT molecular complexity index is 778. The number of nitrogens with one attached hydrogen (secondary N) is 1. The molecule has 1 unspecified atom stereocenters. The third kappa shape index (κ3) is 7.57. The van der Waals surface area contributed by atoms with Gasteiger partial charge in [-0.05, 0) is 19.3 Å². The number of nitrogens with zero attached hydrogens (tertiary/aromatic N) is 3. The molecule has 13 heteroatoms. The summed E-state index contributed by atoms with van der Waals surface area (Å²) in [5.41, 5.74) is 1.21. The van der Waals surface area contributed by atoms with E-state index < -0.39 is 22.2 Å². The Balaban J connectivity index is 0.000000370. The highest BCUT2D eigenvalue weighted by Gasteiger charge is 2.38. The fourth-order valence-corrected chi connectivity index (χ4v) is 3.87. The van der Waals surface area contributed by atoms with Crippen LogP contribution in [-0.4, -0.2) is 78.7 Å². The summed E-state index contributed by atoms with van der Waals surface area (Å²) < 4.78 is 64.4. The Labute approximate surface area is 166 Å². The van der Waals surface area contributed by atoms with E-state index in [1.165, 1.54) is 11.9 Å². The first-order valence-electron chi connectivity index (χ1n) is 9.04. The first-order chi connectivity index (χ1) is 13.5. The average molecular weight is 442 g/mol. The van der Waals surface area contributed by atoms with E-state index in [9.17, 15) is 21.6 Å². The number of alkyl halides is 3. The van der Waals surface area contributed by atoms with Gasteiger partial charge in [0.05, 0.1) is 18.3 Å². The number of aromatic nitrogens is 2. The summed E-state index contributed by atoms with van der Waals surface area (Å²) in [6, 6.07) is 0.825. The summed E-state index contributed by atoms with van der Waals surface area (Å²) in [7, 11) is -3.13. The molecule has 1 fully saturated rings. The molecular weight excluding hydrogens is 417 g/mol. The molecule has 0 bridgehead atoms. The van der Waals surface area contributed by atoms with Crippen LogP contribution in [0.2, 0.25) is 0 Å². The number of halogens is 3. The average Bonchev–Trinajstić information content (AvgIpc) is 3.10. The lowest BCUT2D eigenvalue weighted by Crippen LogP contribution is -2.46. The highest BCUT2D eigenvalue weighted by atomic mass is 32.2. The Hall–Kier alpha value is -1.70. The van der Waals surface area contributed by atoms with Crippen molar-refractivity contribution in [1.82, 2.24) is 19.2 Å². The lowest BCUT2D eigenvalue weighted by molar-refractivity contribution is -0.192. The lowest BCUT2D eigenvalue weighted by Gasteiger charge is -2.40. The molecule has 0 radical (unpaired) electrons. The van der Waals surface area contributed by atoms with Gasteiger partial charge in [0.2, 0.25) is 10.0 Å². The van der Waals surface area contributed by atoms with E-state index in [-0.39, 0.29) is 6.04 Å². The molecule has 3 heterocycles. The molecule has 2 aliphatic rings. The molecule has 2 aliphatic heterocycles. The molecule has 2 N–H and O–H groups in total. The van der Waals surface area contributed by atoms with Crippen LogP contribution in [0.5, 0.6) is 0 Å². The molecule has 1 aromatic heterocycles. The zero-order chi connectivity index (χ0) is 21.7. The first kappa shape index (κ1) is 23.6. The molecule has 1 aromatic rings. The molecule has 0 saturated carbocycles. The predicted molar refractivity (Wildman–Crippen MR) is 96.7 cm³/mol. The van der Waals surface area contributed by atoms with Gasteiger partial charge in [-0.25, -0.2) is 22.9 Å². The van der Waals surface area contributed by atoms with E-state index in [1.54, 1.807) is 0 Å². The molecule has 3 rings (SSSR count). The molecule has 1 saturated heterocycles. The molecule has 9 nitrogen and oxygen atoms in total. The molecule has 0 aromatic carbocycles. The van der Waals surface area contributed by atoms with Crippen molar-refractivity contribution in [3.63, 3.8) is 0 Å². The molecule has 166 valence electrons.